The molecule has 2 aromatic heterocycles. The summed E-state index contributed by atoms with van der Waals surface area (Å²) in [5.41, 5.74) is 6.28. The standard InChI is InChI=1S/C20H17F3N4O4/c1-11-7-25-17(26-8-11)15(6-24)18(28)27-9-13-5-12-3-2-4-14(16(12)31-13)19(29)30-10-20(21,22)23/h2-8H,9-10,24H2,1H3,(H,27,28)/b15-6+. The highest BCUT2D eigenvalue weighted by Gasteiger charge is 2.30. The molecule has 0 aliphatic rings. The first-order valence-electron chi connectivity index (χ1n) is 8.92. The molecule has 0 aliphatic carbocycles. The first-order valence-corrected chi connectivity index (χ1v) is 8.92. The number of aromatic nitrogens is 2. The second kappa shape index (κ2) is 8.86. The molecule has 11 heteroatoms. The number of ether oxygens (including phenoxy) is 1. The van der Waals surface area contributed by atoms with Crippen LogP contribution in [0.3, 0.4) is 0 Å². The number of alkyl halides is 3. The van der Waals surface area contributed by atoms with Crippen LogP contribution >= 0.6 is 0 Å². The molecule has 0 atom stereocenters. The van der Waals surface area contributed by atoms with Crippen LogP contribution < -0.4 is 11.1 Å². The minimum absolute atomic E-state index is 0.0486. The molecule has 0 saturated carbocycles. The van der Waals surface area contributed by atoms with Crippen LogP contribution in [-0.2, 0) is 16.1 Å². The molecule has 3 N–H and O–H groups in total. The number of furan rings is 1. The third-order valence-electron chi connectivity index (χ3n) is 4.04. The Bertz CT molecular complexity index is 1140. The smallest absolute Gasteiger partial charge is 0.422 e. The number of hydrogen-bond donors (Lipinski definition) is 2. The maximum atomic E-state index is 12.4. The summed E-state index contributed by atoms with van der Waals surface area (Å²) in [6, 6.07) is 5.92. The summed E-state index contributed by atoms with van der Waals surface area (Å²) in [5, 5.41) is 3.05. The minimum atomic E-state index is -4.64. The Kier molecular flexibility index (Phi) is 6.23. The summed E-state index contributed by atoms with van der Waals surface area (Å²) >= 11 is 0. The zero-order valence-electron chi connectivity index (χ0n) is 16.2. The molecule has 0 spiro atoms. The Morgan fingerprint density at radius 3 is 2.61 bits per heavy atom. The van der Waals surface area contributed by atoms with Crippen molar-refractivity contribution in [2.45, 2.75) is 19.6 Å². The summed E-state index contributed by atoms with van der Waals surface area (Å²) < 4.78 is 46.7. The molecular weight excluding hydrogens is 417 g/mol. The molecule has 3 rings (SSSR count). The van der Waals surface area contributed by atoms with Gasteiger partial charge in [-0.15, -0.1) is 0 Å². The quantitative estimate of drug-likeness (QED) is 0.452. The number of halogens is 3. The molecule has 162 valence electrons. The Morgan fingerprint density at radius 1 is 1.26 bits per heavy atom. The second-order valence-corrected chi connectivity index (χ2v) is 6.47. The van der Waals surface area contributed by atoms with Crippen LogP contribution in [0.4, 0.5) is 13.2 Å². The van der Waals surface area contributed by atoms with E-state index in [1.54, 1.807) is 19.1 Å². The van der Waals surface area contributed by atoms with Crippen molar-refractivity contribution in [3.8, 4) is 0 Å². The molecule has 2 heterocycles. The van der Waals surface area contributed by atoms with Gasteiger partial charge in [0.25, 0.3) is 5.91 Å². The topological polar surface area (TPSA) is 120 Å². The van der Waals surface area contributed by atoms with Gasteiger partial charge < -0.3 is 20.2 Å². The Morgan fingerprint density at radius 2 is 1.97 bits per heavy atom. The van der Waals surface area contributed by atoms with Crippen LogP contribution in [0.2, 0.25) is 0 Å². The Balaban J connectivity index is 1.73. The third-order valence-corrected chi connectivity index (χ3v) is 4.04. The lowest BCUT2D eigenvalue weighted by Gasteiger charge is -2.08. The summed E-state index contributed by atoms with van der Waals surface area (Å²) in [7, 11) is 0. The van der Waals surface area contributed by atoms with E-state index >= 15 is 0 Å². The fourth-order valence-corrected chi connectivity index (χ4v) is 2.64. The molecular formula is C20H17F3N4O4. The summed E-state index contributed by atoms with van der Waals surface area (Å²) in [5.74, 6) is -1.32. The van der Waals surface area contributed by atoms with E-state index in [9.17, 15) is 22.8 Å². The lowest BCUT2D eigenvalue weighted by Crippen LogP contribution is -2.25. The van der Waals surface area contributed by atoms with Gasteiger partial charge in [-0.1, -0.05) is 12.1 Å². The molecule has 0 fully saturated rings. The molecule has 3 aromatic rings. The van der Waals surface area contributed by atoms with Crippen molar-refractivity contribution >= 4 is 28.4 Å². The number of amides is 1. The average Bonchev–Trinajstić information content (AvgIpc) is 3.15. The summed E-state index contributed by atoms with van der Waals surface area (Å²) in [6.45, 7) is 0.0132. The monoisotopic (exact) mass is 434 g/mol. The van der Waals surface area contributed by atoms with Crippen molar-refractivity contribution < 1.29 is 31.9 Å². The maximum absolute atomic E-state index is 12.4. The largest absolute Gasteiger partial charge is 0.458 e. The first-order chi connectivity index (χ1) is 14.7. The van der Waals surface area contributed by atoms with Crippen LogP contribution in [-0.4, -0.2) is 34.6 Å². The number of rotatable bonds is 6. The Hall–Kier alpha value is -3.89. The van der Waals surface area contributed by atoms with E-state index in [-0.39, 0.29) is 34.8 Å². The van der Waals surface area contributed by atoms with Gasteiger partial charge in [-0.05, 0) is 24.6 Å². The second-order valence-electron chi connectivity index (χ2n) is 6.47. The first kappa shape index (κ1) is 21.8. The summed E-state index contributed by atoms with van der Waals surface area (Å²) in [6.07, 6.45) is -0.486. The van der Waals surface area contributed by atoms with Gasteiger partial charge in [-0.2, -0.15) is 13.2 Å². The molecule has 8 nitrogen and oxygen atoms in total. The molecule has 0 aliphatic heterocycles. The van der Waals surface area contributed by atoms with Gasteiger partial charge in [0.15, 0.2) is 12.4 Å². The molecule has 0 radical (unpaired) electrons. The van der Waals surface area contributed by atoms with Gasteiger partial charge >= 0.3 is 12.1 Å². The lowest BCUT2D eigenvalue weighted by atomic mass is 10.1. The van der Waals surface area contributed by atoms with Gasteiger partial charge in [-0.25, -0.2) is 14.8 Å². The van der Waals surface area contributed by atoms with Crippen molar-refractivity contribution in [1.82, 2.24) is 15.3 Å². The van der Waals surface area contributed by atoms with Gasteiger partial charge in [0.1, 0.15) is 16.9 Å². The number of carbonyl (C=O) groups excluding carboxylic acids is 2. The van der Waals surface area contributed by atoms with Gasteiger partial charge in [0.2, 0.25) is 0 Å². The van der Waals surface area contributed by atoms with E-state index in [2.05, 4.69) is 20.0 Å². The number of carbonyl (C=O) groups is 2. The highest BCUT2D eigenvalue weighted by atomic mass is 19.4. The van der Waals surface area contributed by atoms with Gasteiger partial charge in [0.05, 0.1) is 12.1 Å². The number of para-hydroxylation sites is 1. The van der Waals surface area contributed by atoms with Crippen molar-refractivity contribution in [1.29, 1.82) is 0 Å². The van der Waals surface area contributed by atoms with Gasteiger partial charge in [0, 0.05) is 24.0 Å². The highest BCUT2D eigenvalue weighted by Crippen LogP contribution is 2.25. The van der Waals surface area contributed by atoms with Crippen LogP contribution in [0, 0.1) is 6.92 Å². The van der Waals surface area contributed by atoms with Crippen molar-refractivity contribution in [3.63, 3.8) is 0 Å². The van der Waals surface area contributed by atoms with Gasteiger partial charge in [-0.3, -0.25) is 4.79 Å². The van der Waals surface area contributed by atoms with E-state index in [1.165, 1.54) is 24.5 Å². The molecule has 31 heavy (non-hydrogen) atoms. The van der Waals surface area contributed by atoms with Crippen LogP contribution in [0.5, 0.6) is 0 Å². The van der Waals surface area contributed by atoms with E-state index in [1.807, 2.05) is 0 Å². The predicted molar refractivity (Wildman–Crippen MR) is 103 cm³/mol. The predicted octanol–water partition coefficient (Wildman–Crippen LogP) is 2.87. The number of esters is 1. The number of hydrogen-bond acceptors (Lipinski definition) is 7. The van der Waals surface area contributed by atoms with Crippen molar-refractivity contribution in [2.75, 3.05) is 6.61 Å². The zero-order chi connectivity index (χ0) is 22.6. The fraction of sp³-hybridized carbons (Fsp3) is 0.200. The number of benzene rings is 1. The number of aryl methyl sites for hydroxylation is 1. The third kappa shape index (κ3) is 5.38. The lowest BCUT2D eigenvalue weighted by molar-refractivity contribution is -0.161. The molecule has 1 aromatic carbocycles. The number of nitrogens with two attached hydrogens (primary N) is 1. The summed E-state index contributed by atoms with van der Waals surface area (Å²) in [4.78, 5) is 32.5. The van der Waals surface area contributed by atoms with E-state index in [0.717, 1.165) is 11.8 Å². The van der Waals surface area contributed by atoms with E-state index in [0.29, 0.717) is 5.39 Å². The Labute approximate surface area is 173 Å². The van der Waals surface area contributed by atoms with E-state index < -0.39 is 24.7 Å². The number of nitrogens with one attached hydrogen (secondary N) is 1. The number of fused-ring (bicyclic) bond motifs is 1. The molecule has 0 saturated heterocycles. The van der Waals surface area contributed by atoms with Crippen molar-refractivity contribution in [2.24, 2.45) is 5.73 Å². The average molecular weight is 434 g/mol. The van der Waals surface area contributed by atoms with Crippen LogP contribution in [0.15, 0.2) is 47.3 Å². The van der Waals surface area contributed by atoms with Crippen molar-refractivity contribution in [3.05, 3.63) is 65.6 Å². The van der Waals surface area contributed by atoms with E-state index in [4.69, 9.17) is 10.2 Å². The maximum Gasteiger partial charge on any atom is 0.422 e. The zero-order valence-corrected chi connectivity index (χ0v) is 16.2. The highest BCUT2D eigenvalue weighted by molar-refractivity contribution is 6.18. The SMILES string of the molecule is Cc1cnc(/C(=C\N)C(=O)NCc2cc3cccc(C(=O)OCC(F)(F)F)c3o2)nc1. The van der Waals surface area contributed by atoms with Crippen LogP contribution in [0.25, 0.3) is 16.5 Å². The molecule has 1 amide bonds. The normalized spacial score (nSPS) is 12.1. The van der Waals surface area contributed by atoms with Crippen LogP contribution in [0.1, 0.15) is 27.5 Å². The molecule has 0 bridgehead atoms. The molecule has 0 unspecified atom stereocenters. The number of nitrogens with zero attached hydrogens (tertiary/aromatic N) is 2. The fourth-order valence-electron chi connectivity index (χ4n) is 2.64. The minimum Gasteiger partial charge on any atom is -0.458 e.